The van der Waals surface area contributed by atoms with Gasteiger partial charge in [-0.2, -0.15) is 0 Å². The highest BCUT2D eigenvalue weighted by Gasteiger charge is 2.41. The van der Waals surface area contributed by atoms with Crippen LogP contribution in [-0.2, 0) is 4.74 Å². The number of benzene rings is 1. The van der Waals surface area contributed by atoms with Gasteiger partial charge < -0.3 is 15.8 Å². The number of carbonyl (C=O) groups is 1. The average molecular weight is 260 g/mol. The van der Waals surface area contributed by atoms with E-state index in [1.165, 1.54) is 12.8 Å². The molecule has 2 aliphatic rings. The van der Waals surface area contributed by atoms with Gasteiger partial charge in [-0.25, -0.2) is 0 Å². The largest absolute Gasteiger partial charge is 0.398 e. The van der Waals surface area contributed by atoms with E-state index in [2.05, 4.69) is 5.32 Å². The molecule has 3 N–H and O–H groups in total. The Bertz CT molecular complexity index is 477. The first-order valence-electron chi connectivity index (χ1n) is 6.94. The van der Waals surface area contributed by atoms with Crippen LogP contribution < -0.4 is 11.1 Å². The van der Waals surface area contributed by atoms with Crippen LogP contribution in [0.1, 0.15) is 35.2 Å². The van der Waals surface area contributed by atoms with E-state index >= 15 is 0 Å². The molecule has 4 heteroatoms. The molecule has 1 saturated heterocycles. The summed E-state index contributed by atoms with van der Waals surface area (Å²) in [5.74, 6) is 0.568. The van der Waals surface area contributed by atoms with Crippen molar-refractivity contribution in [2.45, 2.75) is 38.3 Å². The van der Waals surface area contributed by atoms with E-state index in [1.807, 2.05) is 19.1 Å². The number of amides is 1. The molecule has 2 unspecified atom stereocenters. The molecule has 0 spiro atoms. The highest BCUT2D eigenvalue weighted by molar-refractivity contribution is 6.00. The van der Waals surface area contributed by atoms with E-state index in [9.17, 15) is 4.79 Å². The maximum Gasteiger partial charge on any atom is 0.253 e. The van der Waals surface area contributed by atoms with E-state index in [0.29, 0.717) is 17.2 Å². The molecule has 0 bridgehead atoms. The molecule has 1 saturated carbocycles. The predicted octanol–water partition coefficient (Wildman–Crippen LogP) is 1.87. The minimum absolute atomic E-state index is 0.0725. The second-order valence-corrected chi connectivity index (χ2v) is 5.58. The quantitative estimate of drug-likeness (QED) is 0.815. The fraction of sp³-hybridized carbons (Fsp3) is 0.533. The zero-order valence-electron chi connectivity index (χ0n) is 11.2. The Morgan fingerprint density at radius 2 is 2.16 bits per heavy atom. The smallest absolute Gasteiger partial charge is 0.253 e. The Balaban J connectivity index is 1.74. The molecule has 2 fully saturated rings. The van der Waals surface area contributed by atoms with E-state index in [1.54, 1.807) is 6.07 Å². The van der Waals surface area contributed by atoms with Gasteiger partial charge in [0.05, 0.1) is 17.7 Å². The number of carbonyl (C=O) groups excluding carboxylic acids is 1. The molecule has 4 nitrogen and oxygen atoms in total. The van der Waals surface area contributed by atoms with Crippen molar-refractivity contribution in [2.24, 2.45) is 5.92 Å². The number of nitrogens with two attached hydrogens (primary N) is 1. The summed E-state index contributed by atoms with van der Waals surface area (Å²) in [6, 6.07) is 5.69. The Hall–Kier alpha value is -1.55. The van der Waals surface area contributed by atoms with E-state index in [4.69, 9.17) is 10.5 Å². The lowest BCUT2D eigenvalue weighted by atomic mass is 10.0. The molecular formula is C15H20N2O2. The molecule has 1 amide bonds. The van der Waals surface area contributed by atoms with Gasteiger partial charge in [0, 0.05) is 12.3 Å². The molecular weight excluding hydrogens is 240 g/mol. The van der Waals surface area contributed by atoms with Crippen LogP contribution in [0.3, 0.4) is 0 Å². The van der Waals surface area contributed by atoms with Crippen LogP contribution in [0.25, 0.3) is 0 Å². The van der Waals surface area contributed by atoms with Crippen molar-refractivity contribution in [2.75, 3.05) is 12.3 Å². The van der Waals surface area contributed by atoms with Gasteiger partial charge in [0.1, 0.15) is 0 Å². The van der Waals surface area contributed by atoms with Gasteiger partial charge in [-0.3, -0.25) is 4.79 Å². The van der Waals surface area contributed by atoms with Crippen LogP contribution in [0, 0.1) is 12.8 Å². The molecule has 0 aromatic heterocycles. The van der Waals surface area contributed by atoms with Crippen LogP contribution in [0.2, 0.25) is 0 Å². The molecule has 1 aromatic carbocycles. The first kappa shape index (κ1) is 12.5. The summed E-state index contributed by atoms with van der Waals surface area (Å²) in [5.41, 5.74) is 7.97. The van der Waals surface area contributed by atoms with Crippen LogP contribution in [0.15, 0.2) is 18.2 Å². The Kier molecular flexibility index (Phi) is 3.19. The number of rotatable bonds is 3. The third-order valence-corrected chi connectivity index (χ3v) is 4.07. The minimum atomic E-state index is -0.0725. The average Bonchev–Trinajstić information content (AvgIpc) is 3.10. The number of aryl methyl sites for hydroxylation is 1. The summed E-state index contributed by atoms with van der Waals surface area (Å²) >= 11 is 0. The fourth-order valence-electron chi connectivity index (χ4n) is 2.90. The normalized spacial score (nSPS) is 26.4. The number of hydrogen-bond donors (Lipinski definition) is 2. The number of hydrogen-bond acceptors (Lipinski definition) is 3. The highest BCUT2D eigenvalue weighted by atomic mass is 16.5. The summed E-state index contributed by atoms with van der Waals surface area (Å²) in [6.45, 7) is 2.66. The molecule has 2 atom stereocenters. The van der Waals surface area contributed by atoms with Crippen LogP contribution in [0.5, 0.6) is 0 Å². The molecule has 1 aliphatic carbocycles. The van der Waals surface area contributed by atoms with Crippen molar-refractivity contribution in [3.63, 3.8) is 0 Å². The van der Waals surface area contributed by atoms with Crippen molar-refractivity contribution in [1.82, 2.24) is 5.32 Å². The van der Waals surface area contributed by atoms with Crippen LogP contribution in [0.4, 0.5) is 5.69 Å². The predicted molar refractivity (Wildman–Crippen MR) is 73.9 cm³/mol. The van der Waals surface area contributed by atoms with Gasteiger partial charge in [-0.15, -0.1) is 0 Å². The summed E-state index contributed by atoms with van der Waals surface area (Å²) in [7, 11) is 0. The Morgan fingerprint density at radius 1 is 1.37 bits per heavy atom. The van der Waals surface area contributed by atoms with Crippen molar-refractivity contribution < 1.29 is 9.53 Å². The van der Waals surface area contributed by atoms with Crippen molar-refractivity contribution in [1.29, 1.82) is 0 Å². The minimum Gasteiger partial charge on any atom is -0.398 e. The topological polar surface area (TPSA) is 64.4 Å². The van der Waals surface area contributed by atoms with Gasteiger partial charge in [0.15, 0.2) is 0 Å². The second kappa shape index (κ2) is 4.85. The lowest BCUT2D eigenvalue weighted by molar-refractivity contribution is 0.0729. The van der Waals surface area contributed by atoms with Gasteiger partial charge in [-0.05, 0) is 43.7 Å². The first-order chi connectivity index (χ1) is 9.16. The molecule has 1 aromatic rings. The lowest BCUT2D eigenvalue weighted by Crippen LogP contribution is -2.41. The van der Waals surface area contributed by atoms with E-state index in [0.717, 1.165) is 18.6 Å². The maximum atomic E-state index is 12.4. The van der Waals surface area contributed by atoms with Crippen LogP contribution >= 0.6 is 0 Å². The van der Waals surface area contributed by atoms with E-state index < -0.39 is 0 Å². The Labute approximate surface area is 113 Å². The SMILES string of the molecule is Cc1cccc(N)c1C(=O)NC1CCOC1C1CC1. The van der Waals surface area contributed by atoms with Crippen molar-refractivity contribution in [3.8, 4) is 0 Å². The van der Waals surface area contributed by atoms with Gasteiger partial charge in [-0.1, -0.05) is 12.1 Å². The fourth-order valence-corrected chi connectivity index (χ4v) is 2.90. The Morgan fingerprint density at radius 3 is 2.84 bits per heavy atom. The van der Waals surface area contributed by atoms with E-state index in [-0.39, 0.29) is 18.1 Å². The second-order valence-electron chi connectivity index (χ2n) is 5.58. The summed E-state index contributed by atoms with van der Waals surface area (Å²) in [5, 5.41) is 3.10. The molecule has 102 valence electrons. The van der Waals surface area contributed by atoms with Gasteiger partial charge in [0.25, 0.3) is 5.91 Å². The van der Waals surface area contributed by atoms with Gasteiger partial charge in [0.2, 0.25) is 0 Å². The number of nitrogen functional groups attached to an aromatic ring is 1. The zero-order chi connectivity index (χ0) is 13.4. The summed E-state index contributed by atoms with van der Waals surface area (Å²) in [4.78, 5) is 12.4. The molecule has 1 aliphatic heterocycles. The standard InChI is InChI=1S/C15H20N2O2/c1-9-3-2-4-11(16)13(9)15(18)17-12-7-8-19-14(12)10-5-6-10/h2-4,10,12,14H,5-8,16H2,1H3,(H,17,18). The third-order valence-electron chi connectivity index (χ3n) is 4.07. The van der Waals surface area contributed by atoms with Crippen LogP contribution in [-0.4, -0.2) is 24.7 Å². The third kappa shape index (κ3) is 2.45. The molecule has 3 rings (SSSR count). The van der Waals surface area contributed by atoms with Crippen molar-refractivity contribution in [3.05, 3.63) is 29.3 Å². The number of anilines is 1. The lowest BCUT2D eigenvalue weighted by Gasteiger charge is -2.20. The first-order valence-corrected chi connectivity index (χ1v) is 6.94. The number of nitrogens with one attached hydrogen (secondary N) is 1. The van der Waals surface area contributed by atoms with Crippen molar-refractivity contribution >= 4 is 11.6 Å². The maximum absolute atomic E-state index is 12.4. The number of ether oxygens (including phenoxy) is 1. The zero-order valence-corrected chi connectivity index (χ0v) is 11.2. The molecule has 19 heavy (non-hydrogen) atoms. The monoisotopic (exact) mass is 260 g/mol. The highest BCUT2D eigenvalue weighted by Crippen LogP contribution is 2.38. The van der Waals surface area contributed by atoms with Gasteiger partial charge >= 0.3 is 0 Å². The summed E-state index contributed by atoms with van der Waals surface area (Å²) < 4.78 is 5.74. The summed E-state index contributed by atoms with van der Waals surface area (Å²) in [6.07, 6.45) is 3.56. The molecule has 0 radical (unpaired) electrons. The molecule has 1 heterocycles.